The van der Waals surface area contributed by atoms with Gasteiger partial charge in [0.25, 0.3) is 0 Å². The minimum Gasteiger partial charge on any atom is -0.469 e. The van der Waals surface area contributed by atoms with Crippen molar-refractivity contribution in [3.63, 3.8) is 0 Å². The highest BCUT2D eigenvalue weighted by Gasteiger charge is 2.08. The molecule has 24 heavy (non-hydrogen) atoms. The van der Waals surface area contributed by atoms with Gasteiger partial charge in [-0.2, -0.15) is 0 Å². The number of unbranched alkanes of at least 4 members (excludes halogenated alkanes) is 11. The van der Waals surface area contributed by atoms with E-state index in [1.54, 1.807) is 0 Å². The fourth-order valence-electron chi connectivity index (χ4n) is 2.71. The minimum atomic E-state index is -0.423. The van der Waals surface area contributed by atoms with Crippen LogP contribution in [-0.4, -0.2) is 18.9 Å². The molecule has 0 aromatic heterocycles. The maximum Gasteiger partial charge on any atom is 0.313 e. The predicted molar refractivity (Wildman–Crippen MR) is 101 cm³/mol. The van der Waals surface area contributed by atoms with Crippen molar-refractivity contribution in [1.82, 2.24) is 0 Å². The fourth-order valence-corrected chi connectivity index (χ4v) is 2.71. The van der Waals surface area contributed by atoms with Crippen molar-refractivity contribution in [3.05, 3.63) is 12.2 Å². The third-order valence-electron chi connectivity index (χ3n) is 4.29. The first-order chi connectivity index (χ1) is 11.7. The molecule has 0 fully saturated rings. The molecule has 0 saturated heterocycles. The van der Waals surface area contributed by atoms with Crippen LogP contribution < -0.4 is 0 Å². The molecule has 0 bridgehead atoms. The Morgan fingerprint density at radius 3 is 1.79 bits per heavy atom. The van der Waals surface area contributed by atoms with E-state index < -0.39 is 5.97 Å². The number of carbonyl (C=O) groups is 2. The molecule has 3 heteroatoms. The minimum absolute atomic E-state index is 0.000484. The smallest absolute Gasteiger partial charge is 0.313 e. The van der Waals surface area contributed by atoms with E-state index in [0.29, 0.717) is 6.42 Å². The quantitative estimate of drug-likeness (QED) is 0.138. The third-order valence-corrected chi connectivity index (χ3v) is 4.29. The molecule has 0 aromatic rings. The number of methoxy groups -OCH3 is 1. The van der Waals surface area contributed by atoms with E-state index in [0.717, 1.165) is 12.8 Å². The largest absolute Gasteiger partial charge is 0.469 e. The highest BCUT2D eigenvalue weighted by atomic mass is 16.5. The summed E-state index contributed by atoms with van der Waals surface area (Å²) in [7, 11) is 1.32. The Morgan fingerprint density at radius 2 is 1.25 bits per heavy atom. The number of Topliss-reactive ketones (excluding diaryl/α,β-unsaturated/α-hetero) is 1. The number of allylic oxidation sites excluding steroid dienone is 2. The molecule has 0 aliphatic rings. The molecule has 0 aliphatic heterocycles. The highest BCUT2D eigenvalue weighted by molar-refractivity contribution is 5.95. The molecule has 0 spiro atoms. The topological polar surface area (TPSA) is 43.4 Å². The van der Waals surface area contributed by atoms with Crippen LogP contribution in [-0.2, 0) is 14.3 Å². The van der Waals surface area contributed by atoms with E-state index in [1.807, 2.05) is 0 Å². The van der Waals surface area contributed by atoms with Gasteiger partial charge < -0.3 is 4.74 Å². The maximum atomic E-state index is 11.4. The van der Waals surface area contributed by atoms with Crippen LogP contribution in [0.1, 0.15) is 103 Å². The van der Waals surface area contributed by atoms with Gasteiger partial charge in [-0.3, -0.25) is 9.59 Å². The van der Waals surface area contributed by atoms with Crippen molar-refractivity contribution < 1.29 is 14.3 Å². The van der Waals surface area contributed by atoms with Gasteiger partial charge in [-0.1, -0.05) is 70.4 Å². The lowest BCUT2D eigenvalue weighted by Gasteiger charge is -2.01. The van der Waals surface area contributed by atoms with Crippen molar-refractivity contribution in [1.29, 1.82) is 0 Å². The van der Waals surface area contributed by atoms with Crippen LogP contribution in [0.25, 0.3) is 0 Å². The van der Waals surface area contributed by atoms with Gasteiger partial charge in [0.2, 0.25) is 0 Å². The Labute approximate surface area is 149 Å². The highest BCUT2D eigenvalue weighted by Crippen LogP contribution is 2.10. The fraction of sp³-hybridized carbons (Fsp3) is 0.810. The van der Waals surface area contributed by atoms with Crippen LogP contribution >= 0.6 is 0 Å². The van der Waals surface area contributed by atoms with Gasteiger partial charge in [0.15, 0.2) is 0 Å². The summed E-state index contributed by atoms with van der Waals surface area (Å²) in [6.07, 6.45) is 21.3. The monoisotopic (exact) mass is 338 g/mol. The maximum absolute atomic E-state index is 11.4. The van der Waals surface area contributed by atoms with Crippen molar-refractivity contribution in [2.75, 3.05) is 7.11 Å². The van der Waals surface area contributed by atoms with E-state index in [9.17, 15) is 9.59 Å². The van der Waals surface area contributed by atoms with Crippen molar-refractivity contribution >= 4 is 11.8 Å². The molecule has 3 nitrogen and oxygen atoms in total. The Balaban J connectivity index is 3.23. The summed E-state index contributed by atoms with van der Waals surface area (Å²) in [4.78, 5) is 22.4. The number of carbonyl (C=O) groups excluding carboxylic acids is 2. The first-order valence-electron chi connectivity index (χ1n) is 9.94. The number of ether oxygens (including phenoxy) is 1. The number of hydrogen-bond donors (Lipinski definition) is 0. The Kier molecular flexibility index (Phi) is 17.4. The third kappa shape index (κ3) is 17.2. The standard InChI is InChI=1S/C21H38O3/c1-3-4-5-6-7-8-9-10-11-12-13-14-15-16-17-18-20(22)19-21(23)24-2/h10-11H,3-9,12-19H2,1-2H3/b11-10-. The molecule has 0 radical (unpaired) electrons. The van der Waals surface area contributed by atoms with E-state index in [-0.39, 0.29) is 12.2 Å². The Hall–Kier alpha value is -1.12. The predicted octanol–water partition coefficient (Wildman–Crippen LogP) is 6.16. The molecule has 0 atom stereocenters. The summed E-state index contributed by atoms with van der Waals surface area (Å²) in [5.41, 5.74) is 0. The molecular weight excluding hydrogens is 300 g/mol. The average molecular weight is 339 g/mol. The zero-order chi connectivity index (χ0) is 17.9. The molecule has 140 valence electrons. The van der Waals surface area contributed by atoms with Crippen LogP contribution in [0.2, 0.25) is 0 Å². The van der Waals surface area contributed by atoms with Gasteiger partial charge in [-0.15, -0.1) is 0 Å². The van der Waals surface area contributed by atoms with Crippen LogP contribution in [0.5, 0.6) is 0 Å². The second kappa shape index (κ2) is 18.2. The lowest BCUT2D eigenvalue weighted by Crippen LogP contribution is -2.08. The van der Waals surface area contributed by atoms with Crippen molar-refractivity contribution in [3.8, 4) is 0 Å². The SMILES string of the molecule is CCCCCCCC/C=C\CCCCCCCC(=O)CC(=O)OC. The van der Waals surface area contributed by atoms with Gasteiger partial charge in [0.1, 0.15) is 12.2 Å². The Morgan fingerprint density at radius 1 is 0.750 bits per heavy atom. The van der Waals surface area contributed by atoms with Crippen LogP contribution in [0, 0.1) is 0 Å². The first kappa shape index (κ1) is 22.9. The Bertz CT molecular complexity index is 334. The summed E-state index contributed by atoms with van der Waals surface area (Å²) in [5.74, 6) is -0.424. The van der Waals surface area contributed by atoms with E-state index in [1.165, 1.54) is 77.7 Å². The molecular formula is C21H38O3. The van der Waals surface area contributed by atoms with Crippen LogP contribution in [0.3, 0.4) is 0 Å². The summed E-state index contributed by atoms with van der Waals surface area (Å²) >= 11 is 0. The van der Waals surface area contributed by atoms with Crippen molar-refractivity contribution in [2.24, 2.45) is 0 Å². The summed E-state index contributed by atoms with van der Waals surface area (Å²) < 4.78 is 4.48. The van der Waals surface area contributed by atoms with Crippen molar-refractivity contribution in [2.45, 2.75) is 103 Å². The molecule has 0 heterocycles. The van der Waals surface area contributed by atoms with Crippen LogP contribution in [0.4, 0.5) is 0 Å². The molecule has 0 amide bonds. The first-order valence-corrected chi connectivity index (χ1v) is 9.94. The molecule has 0 N–H and O–H groups in total. The number of hydrogen-bond acceptors (Lipinski definition) is 3. The summed E-state index contributed by atoms with van der Waals surface area (Å²) in [6, 6.07) is 0. The average Bonchev–Trinajstić information content (AvgIpc) is 2.58. The second-order valence-corrected chi connectivity index (χ2v) is 6.63. The van der Waals surface area contributed by atoms with Gasteiger partial charge in [0.05, 0.1) is 7.11 Å². The normalized spacial score (nSPS) is 11.1. The number of ketones is 1. The molecule has 0 saturated carbocycles. The van der Waals surface area contributed by atoms with E-state index in [4.69, 9.17) is 0 Å². The van der Waals surface area contributed by atoms with Gasteiger partial charge >= 0.3 is 5.97 Å². The number of esters is 1. The molecule has 0 aliphatic carbocycles. The second-order valence-electron chi connectivity index (χ2n) is 6.63. The zero-order valence-corrected chi connectivity index (χ0v) is 16.0. The van der Waals surface area contributed by atoms with Crippen LogP contribution in [0.15, 0.2) is 12.2 Å². The van der Waals surface area contributed by atoms with E-state index >= 15 is 0 Å². The summed E-state index contributed by atoms with van der Waals surface area (Å²) in [5, 5.41) is 0. The van der Waals surface area contributed by atoms with Gasteiger partial charge in [0, 0.05) is 6.42 Å². The zero-order valence-electron chi connectivity index (χ0n) is 16.0. The van der Waals surface area contributed by atoms with E-state index in [2.05, 4.69) is 23.8 Å². The molecule has 0 rings (SSSR count). The van der Waals surface area contributed by atoms with Gasteiger partial charge in [-0.05, 0) is 32.1 Å². The lowest BCUT2D eigenvalue weighted by molar-refractivity contribution is -0.143. The summed E-state index contributed by atoms with van der Waals surface area (Å²) in [6.45, 7) is 2.26. The number of rotatable bonds is 17. The lowest BCUT2D eigenvalue weighted by atomic mass is 10.1. The molecule has 0 unspecified atom stereocenters. The molecule has 0 aromatic carbocycles. The van der Waals surface area contributed by atoms with Gasteiger partial charge in [-0.25, -0.2) is 0 Å².